The summed E-state index contributed by atoms with van der Waals surface area (Å²) in [5.74, 6) is -0.0244. The third kappa shape index (κ3) is 2.36. The van der Waals surface area contributed by atoms with Gasteiger partial charge in [0.2, 0.25) is 0 Å². The summed E-state index contributed by atoms with van der Waals surface area (Å²) in [5.41, 5.74) is 1.05. The zero-order valence-corrected chi connectivity index (χ0v) is 12.0. The van der Waals surface area contributed by atoms with E-state index in [1.165, 1.54) is 0 Å². The second-order valence-corrected chi connectivity index (χ2v) is 11.2. The van der Waals surface area contributed by atoms with E-state index >= 15 is 0 Å². The second kappa shape index (κ2) is 3.81. The maximum atomic E-state index is 13.8. The quantitative estimate of drug-likeness (QED) is 0.780. The van der Waals surface area contributed by atoms with Crippen molar-refractivity contribution >= 4 is 35.6 Å². The van der Waals surface area contributed by atoms with Crippen LogP contribution in [-0.2, 0) is 0 Å². The van der Waals surface area contributed by atoms with E-state index < -0.39 is 21.1 Å². The minimum atomic E-state index is -0.891. The van der Waals surface area contributed by atoms with Gasteiger partial charge < -0.3 is 0 Å². The summed E-state index contributed by atoms with van der Waals surface area (Å²) in [6, 6.07) is 5.39. The molecule has 1 heterocycles. The molecule has 0 atom stereocenters. The molecule has 0 unspecified atom stereocenters. The van der Waals surface area contributed by atoms with Gasteiger partial charge in [0.25, 0.3) is 0 Å². The van der Waals surface area contributed by atoms with Gasteiger partial charge in [-0.05, 0) is 0 Å². The van der Waals surface area contributed by atoms with Crippen molar-refractivity contribution in [3.8, 4) is 0 Å². The molecule has 2 aromatic rings. The predicted octanol–water partition coefficient (Wildman–Crippen LogP) is 2.85. The van der Waals surface area contributed by atoms with Gasteiger partial charge in [-0.3, -0.25) is 0 Å². The Bertz CT molecular complexity index is 482. The number of hydrogen-bond acceptors (Lipinski definition) is 0. The van der Waals surface area contributed by atoms with E-state index in [1.807, 2.05) is 18.3 Å². The average molecular weight is 310 g/mol. The molecule has 2 radical (unpaired) electrons. The van der Waals surface area contributed by atoms with Gasteiger partial charge in [0, 0.05) is 0 Å². The first-order valence-electron chi connectivity index (χ1n) is 5.01. The Morgan fingerprint density at radius 1 is 1.20 bits per heavy atom. The number of aromatic amines is 1. The van der Waals surface area contributed by atoms with E-state index in [2.05, 4.69) is 25.8 Å². The van der Waals surface area contributed by atoms with E-state index in [0.29, 0.717) is 0 Å². The number of halogens is 1. The van der Waals surface area contributed by atoms with E-state index in [9.17, 15) is 4.39 Å². The molecule has 1 nitrogen and oxygen atoms in total. The van der Waals surface area contributed by atoms with Crippen molar-refractivity contribution in [3.05, 3.63) is 30.2 Å². The Kier molecular flexibility index (Phi) is 2.79. The molecule has 15 heavy (non-hydrogen) atoms. The topological polar surface area (TPSA) is 15.8 Å². The van der Waals surface area contributed by atoms with Crippen LogP contribution in [0.25, 0.3) is 10.9 Å². The van der Waals surface area contributed by atoms with Crippen molar-refractivity contribution in [2.24, 2.45) is 0 Å². The molecule has 0 saturated heterocycles. The van der Waals surface area contributed by atoms with Crippen molar-refractivity contribution in [1.29, 1.82) is 0 Å². The first-order valence-corrected chi connectivity index (χ1v) is 7.86. The first-order chi connectivity index (χ1) is 6.97. The average Bonchev–Trinajstić information content (AvgIpc) is 2.56. The summed E-state index contributed by atoms with van der Waals surface area (Å²) in [5, 5.41) is 1.08. The summed E-state index contributed by atoms with van der Waals surface area (Å²) < 4.78 is 15.0. The number of fused-ring (bicyclic) bond motifs is 1. The van der Waals surface area contributed by atoms with Crippen LogP contribution in [0.2, 0.25) is 3.43 Å². The molecule has 1 aromatic heterocycles. The molecule has 78 valence electrons. The molecule has 0 aliphatic heterocycles. The fraction of sp³-hybridized carbons (Fsp3) is 0.333. The fourth-order valence-corrected chi connectivity index (χ4v) is 5.33. The Morgan fingerprint density at radius 2 is 1.93 bits per heavy atom. The molecule has 1 N–H and O–H groups in total. The van der Waals surface area contributed by atoms with E-state index in [1.54, 1.807) is 6.07 Å². The zero-order valence-electron chi connectivity index (χ0n) is 9.19. The summed E-state index contributed by atoms with van der Waals surface area (Å²) in [4.78, 5) is 3.13. The van der Waals surface area contributed by atoms with Crippen LogP contribution in [0.1, 0.15) is 20.8 Å². The van der Waals surface area contributed by atoms with Crippen LogP contribution >= 0.6 is 0 Å². The van der Waals surface area contributed by atoms with Crippen LogP contribution in [-0.4, -0.2) is 26.1 Å². The van der Waals surface area contributed by atoms with Crippen molar-refractivity contribution in [3.63, 3.8) is 0 Å². The Balaban J connectivity index is 2.56. The van der Waals surface area contributed by atoms with Crippen molar-refractivity contribution in [1.82, 2.24) is 4.98 Å². The Labute approximate surface area is 99.3 Å². The van der Waals surface area contributed by atoms with Gasteiger partial charge in [-0.25, -0.2) is 0 Å². The number of nitrogens with one attached hydrogen (secondary N) is 1. The molecule has 0 bridgehead atoms. The monoisotopic (exact) mass is 311 g/mol. The summed E-state index contributed by atoms with van der Waals surface area (Å²) >= 11 is -0.891. The van der Waals surface area contributed by atoms with Gasteiger partial charge in [-0.1, -0.05) is 0 Å². The van der Waals surface area contributed by atoms with Crippen LogP contribution in [0, 0.1) is 5.82 Å². The van der Waals surface area contributed by atoms with Crippen LogP contribution < -0.4 is 3.58 Å². The van der Waals surface area contributed by atoms with Gasteiger partial charge >= 0.3 is 99.4 Å². The minimum absolute atomic E-state index is 0.0244. The number of aromatic nitrogens is 1. The van der Waals surface area contributed by atoms with Crippen molar-refractivity contribution < 1.29 is 4.39 Å². The molecule has 0 aliphatic carbocycles. The molecule has 0 fully saturated rings. The molecular weight excluding hydrogens is 296 g/mol. The van der Waals surface area contributed by atoms with Crippen LogP contribution in [0.15, 0.2) is 24.4 Å². The van der Waals surface area contributed by atoms with E-state index in [-0.39, 0.29) is 9.25 Å². The predicted molar refractivity (Wildman–Crippen MR) is 63.4 cm³/mol. The normalized spacial score (nSPS) is 12.3. The van der Waals surface area contributed by atoms with Crippen LogP contribution in [0.5, 0.6) is 0 Å². The summed E-state index contributed by atoms with van der Waals surface area (Å²) in [6.45, 7) is 6.60. The number of rotatable bonds is 1. The third-order valence-corrected chi connectivity index (χ3v) is 6.49. The summed E-state index contributed by atoms with van der Waals surface area (Å²) in [6.07, 6.45) is 1.88. The van der Waals surface area contributed by atoms with E-state index in [0.717, 1.165) is 14.5 Å². The zero-order chi connectivity index (χ0) is 11.1. The SMILES string of the molecule is C[C](C)(C)[Sn][c]1c(F)ccc2[nH]ccc12. The van der Waals surface area contributed by atoms with Gasteiger partial charge in [-0.2, -0.15) is 0 Å². The molecular formula is C12H14FNSn. The molecule has 3 heteroatoms. The Morgan fingerprint density at radius 3 is 2.60 bits per heavy atom. The van der Waals surface area contributed by atoms with Gasteiger partial charge in [0.1, 0.15) is 0 Å². The fourth-order valence-electron chi connectivity index (χ4n) is 1.61. The van der Waals surface area contributed by atoms with Crippen LogP contribution in [0.4, 0.5) is 4.39 Å². The van der Waals surface area contributed by atoms with Crippen molar-refractivity contribution in [2.45, 2.75) is 24.2 Å². The Hall–Kier alpha value is -0.511. The first kappa shape index (κ1) is 11.0. The molecule has 2 rings (SSSR count). The standard InChI is InChI=1S/C8H5FN.C4H9.Sn/c9-7-1-2-8-6(5-7)3-4-10-8;1-4(2)3;/h1-4,10H;1-3H3;. The molecule has 1 aromatic carbocycles. The van der Waals surface area contributed by atoms with Gasteiger partial charge in [-0.15, -0.1) is 0 Å². The molecule has 0 amide bonds. The molecule has 0 spiro atoms. The number of hydrogen-bond donors (Lipinski definition) is 1. The molecule has 0 saturated carbocycles. The third-order valence-electron chi connectivity index (χ3n) is 2.18. The maximum absolute atomic E-state index is 13.8. The van der Waals surface area contributed by atoms with Gasteiger partial charge in [0.05, 0.1) is 0 Å². The number of benzene rings is 1. The summed E-state index contributed by atoms with van der Waals surface area (Å²) in [7, 11) is 0. The van der Waals surface area contributed by atoms with Crippen LogP contribution in [0.3, 0.4) is 0 Å². The van der Waals surface area contributed by atoms with Gasteiger partial charge in [0.15, 0.2) is 0 Å². The number of H-pyrrole nitrogens is 1. The second-order valence-electron chi connectivity index (χ2n) is 4.74. The van der Waals surface area contributed by atoms with Crippen molar-refractivity contribution in [2.75, 3.05) is 0 Å². The molecule has 0 aliphatic rings. The van der Waals surface area contributed by atoms with E-state index in [4.69, 9.17) is 0 Å².